The molecule has 1 aliphatic heterocycles. The predicted octanol–water partition coefficient (Wildman–Crippen LogP) is 0.326. The number of alkyl carbamates (subject to hydrolysis) is 1. The molecule has 1 amide bonds. The first-order chi connectivity index (χ1) is 7.87. The summed E-state index contributed by atoms with van der Waals surface area (Å²) in [4.78, 5) is 11.4. The van der Waals surface area contributed by atoms with E-state index in [9.17, 15) is 13.2 Å². The SMILES string of the molecule is CCOCCOC(=O)NC1(C)CCS(=O)(=O)C1. The molecule has 0 bridgehead atoms. The van der Waals surface area contributed by atoms with Crippen LogP contribution in [0.2, 0.25) is 0 Å². The maximum Gasteiger partial charge on any atom is 0.407 e. The molecule has 1 N–H and O–H groups in total. The summed E-state index contributed by atoms with van der Waals surface area (Å²) in [6.45, 7) is 4.65. The van der Waals surface area contributed by atoms with Gasteiger partial charge in [0, 0.05) is 6.61 Å². The van der Waals surface area contributed by atoms with Crippen LogP contribution in [0.15, 0.2) is 0 Å². The molecule has 1 atom stereocenters. The van der Waals surface area contributed by atoms with Crippen LogP contribution in [-0.2, 0) is 19.3 Å². The van der Waals surface area contributed by atoms with Crippen LogP contribution in [0.4, 0.5) is 4.79 Å². The summed E-state index contributed by atoms with van der Waals surface area (Å²) < 4.78 is 32.5. The molecule has 0 spiro atoms. The Morgan fingerprint density at radius 2 is 2.12 bits per heavy atom. The van der Waals surface area contributed by atoms with Crippen LogP contribution >= 0.6 is 0 Å². The molecule has 0 aromatic heterocycles. The van der Waals surface area contributed by atoms with E-state index in [2.05, 4.69) is 5.32 Å². The molecule has 1 unspecified atom stereocenters. The van der Waals surface area contributed by atoms with Gasteiger partial charge in [-0.15, -0.1) is 0 Å². The quantitative estimate of drug-likeness (QED) is 0.724. The first-order valence-electron chi connectivity index (χ1n) is 5.60. The van der Waals surface area contributed by atoms with Gasteiger partial charge in [0.15, 0.2) is 9.84 Å². The molecule has 1 fully saturated rings. The second-order valence-electron chi connectivity index (χ2n) is 4.36. The Hall–Kier alpha value is -0.820. The summed E-state index contributed by atoms with van der Waals surface area (Å²) in [6, 6.07) is 0. The van der Waals surface area contributed by atoms with E-state index in [1.54, 1.807) is 6.92 Å². The molecule has 1 rings (SSSR count). The number of hydrogen-bond acceptors (Lipinski definition) is 5. The number of carbonyl (C=O) groups is 1. The average Bonchev–Trinajstić information content (AvgIpc) is 2.47. The Morgan fingerprint density at radius 3 is 2.65 bits per heavy atom. The third-order valence-corrected chi connectivity index (χ3v) is 4.48. The Labute approximate surface area is 102 Å². The van der Waals surface area contributed by atoms with Gasteiger partial charge in [-0.3, -0.25) is 0 Å². The number of amides is 1. The molecule has 0 aromatic rings. The number of nitrogens with one attached hydrogen (secondary N) is 1. The highest BCUT2D eigenvalue weighted by Gasteiger charge is 2.39. The van der Waals surface area contributed by atoms with E-state index >= 15 is 0 Å². The molecule has 1 aliphatic rings. The van der Waals surface area contributed by atoms with Crippen molar-refractivity contribution in [2.24, 2.45) is 0 Å². The van der Waals surface area contributed by atoms with Crippen molar-refractivity contribution in [3.8, 4) is 0 Å². The molecule has 17 heavy (non-hydrogen) atoms. The highest BCUT2D eigenvalue weighted by molar-refractivity contribution is 7.91. The van der Waals surface area contributed by atoms with Crippen LogP contribution in [0.25, 0.3) is 0 Å². The van der Waals surface area contributed by atoms with Crippen LogP contribution in [0.3, 0.4) is 0 Å². The van der Waals surface area contributed by atoms with E-state index < -0.39 is 21.5 Å². The van der Waals surface area contributed by atoms with E-state index in [-0.39, 0.29) is 18.1 Å². The van der Waals surface area contributed by atoms with E-state index in [0.717, 1.165) is 0 Å². The minimum Gasteiger partial charge on any atom is -0.447 e. The average molecular weight is 265 g/mol. The fourth-order valence-corrected chi connectivity index (χ4v) is 3.82. The van der Waals surface area contributed by atoms with Crippen LogP contribution in [0, 0.1) is 0 Å². The maximum absolute atomic E-state index is 11.4. The molecule has 0 aliphatic carbocycles. The van der Waals surface area contributed by atoms with Crippen molar-refractivity contribution in [2.45, 2.75) is 25.8 Å². The molecule has 1 heterocycles. The Balaban J connectivity index is 2.31. The lowest BCUT2D eigenvalue weighted by molar-refractivity contribution is 0.0754. The number of carbonyl (C=O) groups excluding carboxylic acids is 1. The van der Waals surface area contributed by atoms with Gasteiger partial charge in [-0.2, -0.15) is 0 Å². The molecular formula is C10H19NO5S. The normalized spacial score (nSPS) is 26.7. The lowest BCUT2D eigenvalue weighted by atomic mass is 10.0. The van der Waals surface area contributed by atoms with Gasteiger partial charge < -0.3 is 14.8 Å². The van der Waals surface area contributed by atoms with Crippen molar-refractivity contribution in [3.63, 3.8) is 0 Å². The third kappa shape index (κ3) is 4.91. The zero-order chi connectivity index (χ0) is 12.9. The fourth-order valence-electron chi connectivity index (χ4n) is 1.73. The van der Waals surface area contributed by atoms with Gasteiger partial charge in [-0.25, -0.2) is 13.2 Å². The first kappa shape index (κ1) is 14.2. The van der Waals surface area contributed by atoms with E-state index in [1.165, 1.54) is 0 Å². The maximum atomic E-state index is 11.4. The van der Waals surface area contributed by atoms with Crippen LogP contribution in [0.1, 0.15) is 20.3 Å². The molecule has 6 nitrogen and oxygen atoms in total. The minimum absolute atomic E-state index is 0.0272. The summed E-state index contributed by atoms with van der Waals surface area (Å²) in [5.41, 5.74) is -0.707. The van der Waals surface area contributed by atoms with Gasteiger partial charge in [0.2, 0.25) is 0 Å². The van der Waals surface area contributed by atoms with Crippen molar-refractivity contribution < 1.29 is 22.7 Å². The standard InChI is InChI=1S/C10H19NO5S/c1-3-15-5-6-16-9(12)11-10(2)4-7-17(13,14)8-10/h3-8H2,1-2H3,(H,11,12). The summed E-state index contributed by atoms with van der Waals surface area (Å²) >= 11 is 0. The van der Waals surface area contributed by atoms with E-state index in [0.29, 0.717) is 19.6 Å². The van der Waals surface area contributed by atoms with Crippen LogP contribution < -0.4 is 5.32 Å². The second-order valence-corrected chi connectivity index (χ2v) is 6.54. The molecule has 100 valence electrons. The number of rotatable bonds is 5. The largest absolute Gasteiger partial charge is 0.447 e. The Bertz CT molecular complexity index is 367. The van der Waals surface area contributed by atoms with Crippen molar-refractivity contribution in [3.05, 3.63) is 0 Å². The molecule has 0 aromatic carbocycles. The van der Waals surface area contributed by atoms with Gasteiger partial charge in [-0.1, -0.05) is 0 Å². The van der Waals surface area contributed by atoms with Gasteiger partial charge in [0.1, 0.15) is 6.61 Å². The van der Waals surface area contributed by atoms with Crippen molar-refractivity contribution in [1.29, 1.82) is 0 Å². The van der Waals surface area contributed by atoms with Gasteiger partial charge >= 0.3 is 6.09 Å². The number of ether oxygens (including phenoxy) is 2. The van der Waals surface area contributed by atoms with Crippen molar-refractivity contribution in [2.75, 3.05) is 31.3 Å². The Kier molecular flexibility index (Phi) is 4.76. The Morgan fingerprint density at radius 1 is 1.41 bits per heavy atom. The molecule has 7 heteroatoms. The lowest BCUT2D eigenvalue weighted by Gasteiger charge is -2.23. The summed E-state index contributed by atoms with van der Waals surface area (Å²) in [5.74, 6) is 0.0866. The van der Waals surface area contributed by atoms with Crippen LogP contribution in [-0.4, -0.2) is 51.4 Å². The molecule has 1 saturated heterocycles. The zero-order valence-corrected chi connectivity index (χ0v) is 11.0. The smallest absolute Gasteiger partial charge is 0.407 e. The number of hydrogen-bond donors (Lipinski definition) is 1. The van der Waals surface area contributed by atoms with Gasteiger partial charge in [0.25, 0.3) is 0 Å². The van der Waals surface area contributed by atoms with Gasteiger partial charge in [-0.05, 0) is 20.3 Å². The topological polar surface area (TPSA) is 81.7 Å². The first-order valence-corrected chi connectivity index (χ1v) is 7.42. The minimum atomic E-state index is -3.02. The summed E-state index contributed by atoms with van der Waals surface area (Å²) in [5, 5.41) is 2.59. The van der Waals surface area contributed by atoms with E-state index in [1.807, 2.05) is 6.92 Å². The molecule has 0 radical (unpaired) electrons. The highest BCUT2D eigenvalue weighted by atomic mass is 32.2. The third-order valence-electron chi connectivity index (χ3n) is 2.57. The van der Waals surface area contributed by atoms with E-state index in [4.69, 9.17) is 9.47 Å². The van der Waals surface area contributed by atoms with Crippen molar-refractivity contribution >= 4 is 15.9 Å². The highest BCUT2D eigenvalue weighted by Crippen LogP contribution is 2.22. The zero-order valence-electron chi connectivity index (χ0n) is 10.2. The molecular weight excluding hydrogens is 246 g/mol. The monoisotopic (exact) mass is 265 g/mol. The van der Waals surface area contributed by atoms with Crippen LogP contribution in [0.5, 0.6) is 0 Å². The van der Waals surface area contributed by atoms with Gasteiger partial charge in [0.05, 0.1) is 23.7 Å². The second kappa shape index (κ2) is 5.68. The molecule has 0 saturated carbocycles. The summed E-state index contributed by atoms with van der Waals surface area (Å²) in [6.07, 6.45) is -0.167. The number of sulfone groups is 1. The predicted molar refractivity (Wildman–Crippen MR) is 62.7 cm³/mol. The lowest BCUT2D eigenvalue weighted by Crippen LogP contribution is -2.47. The van der Waals surface area contributed by atoms with Crippen molar-refractivity contribution in [1.82, 2.24) is 5.32 Å². The summed E-state index contributed by atoms with van der Waals surface area (Å²) in [7, 11) is -3.02. The fraction of sp³-hybridized carbons (Fsp3) is 0.900.